The Hall–Kier alpha value is -2.79. The van der Waals surface area contributed by atoms with E-state index in [2.05, 4.69) is 5.10 Å². The number of halogens is 1. The third-order valence-corrected chi connectivity index (χ3v) is 4.27. The molecule has 0 bridgehead atoms. The van der Waals surface area contributed by atoms with Crippen LogP contribution in [0.5, 0.6) is 5.75 Å². The zero-order valence-electron chi connectivity index (χ0n) is 14.6. The molecule has 0 spiro atoms. The van der Waals surface area contributed by atoms with Crippen LogP contribution in [0.2, 0.25) is 5.02 Å². The van der Waals surface area contributed by atoms with Crippen LogP contribution in [0.4, 0.5) is 0 Å². The largest absolute Gasteiger partial charge is 0.484 e. The molecule has 0 unspecified atom stereocenters. The van der Waals surface area contributed by atoms with E-state index in [1.165, 1.54) is 6.08 Å². The molecule has 5 nitrogen and oxygen atoms in total. The molecular weight excluding hydrogens is 352 g/mol. The number of hydrogen-bond donors (Lipinski definition) is 0. The molecule has 26 heavy (non-hydrogen) atoms. The van der Waals surface area contributed by atoms with Gasteiger partial charge in [0.2, 0.25) is 0 Å². The van der Waals surface area contributed by atoms with Crippen molar-refractivity contribution in [2.75, 3.05) is 0 Å². The van der Waals surface area contributed by atoms with Gasteiger partial charge in [0.05, 0.1) is 16.8 Å². The summed E-state index contributed by atoms with van der Waals surface area (Å²) >= 11 is 6.05. The number of furan rings is 1. The van der Waals surface area contributed by atoms with Crippen molar-refractivity contribution >= 4 is 23.5 Å². The van der Waals surface area contributed by atoms with Gasteiger partial charge < -0.3 is 9.15 Å². The molecule has 0 amide bonds. The molecule has 1 aromatic carbocycles. The van der Waals surface area contributed by atoms with Gasteiger partial charge in [0.15, 0.2) is 5.78 Å². The fourth-order valence-electron chi connectivity index (χ4n) is 2.53. The normalized spacial score (nSPS) is 11.2. The maximum Gasteiger partial charge on any atom is 0.189 e. The van der Waals surface area contributed by atoms with E-state index >= 15 is 0 Å². The quantitative estimate of drug-likeness (QED) is 0.437. The summed E-state index contributed by atoms with van der Waals surface area (Å²) in [7, 11) is 0. The molecule has 0 radical (unpaired) electrons. The summed E-state index contributed by atoms with van der Waals surface area (Å²) < 4.78 is 13.1. The van der Waals surface area contributed by atoms with Crippen LogP contribution in [0.25, 0.3) is 6.08 Å². The molecule has 0 atom stereocenters. The van der Waals surface area contributed by atoms with Crippen LogP contribution in [-0.4, -0.2) is 15.6 Å². The topological polar surface area (TPSA) is 57.3 Å². The lowest BCUT2D eigenvalue weighted by Crippen LogP contribution is -2.01. The van der Waals surface area contributed by atoms with Crippen molar-refractivity contribution in [3.63, 3.8) is 0 Å². The molecule has 0 saturated carbocycles. The minimum absolute atomic E-state index is 0.104. The second-order valence-electron chi connectivity index (χ2n) is 5.68. The van der Waals surface area contributed by atoms with Gasteiger partial charge in [0, 0.05) is 12.2 Å². The highest BCUT2D eigenvalue weighted by molar-refractivity contribution is 6.32. The van der Waals surface area contributed by atoms with Crippen LogP contribution in [0.1, 0.15) is 34.5 Å². The Balaban J connectivity index is 1.62. The Morgan fingerprint density at radius 1 is 1.31 bits per heavy atom. The number of aryl methyl sites for hydroxylation is 1. The van der Waals surface area contributed by atoms with E-state index in [1.54, 1.807) is 41.2 Å². The average molecular weight is 371 g/mol. The maximum atomic E-state index is 12.3. The number of benzene rings is 1. The van der Waals surface area contributed by atoms with Gasteiger partial charge in [-0.3, -0.25) is 9.48 Å². The molecule has 0 aliphatic carbocycles. The summed E-state index contributed by atoms with van der Waals surface area (Å²) in [6.45, 7) is 4.86. The lowest BCUT2D eigenvalue weighted by atomic mass is 10.1. The zero-order valence-corrected chi connectivity index (χ0v) is 15.4. The number of carbonyl (C=O) groups excluding carboxylic acids is 1. The number of aromatic nitrogens is 2. The Morgan fingerprint density at radius 3 is 2.85 bits per heavy atom. The number of carbonyl (C=O) groups is 1. The summed E-state index contributed by atoms with van der Waals surface area (Å²) in [5, 5.41) is 4.73. The standard InChI is InChI=1S/C20H19ClN2O3/c1-3-23-14(2)17(12-22-23)19(24)11-10-15-8-9-16(26-15)13-25-20-7-5-4-6-18(20)21/h4-12H,3,13H2,1-2H3/b11-10+. The predicted molar refractivity (Wildman–Crippen MR) is 100 cm³/mol. The minimum Gasteiger partial charge on any atom is -0.484 e. The average Bonchev–Trinajstić information content (AvgIpc) is 3.25. The summed E-state index contributed by atoms with van der Waals surface area (Å²) in [5.74, 6) is 1.72. The van der Waals surface area contributed by atoms with Crippen molar-refractivity contribution < 1.29 is 13.9 Å². The van der Waals surface area contributed by atoms with Gasteiger partial charge >= 0.3 is 0 Å². The second-order valence-corrected chi connectivity index (χ2v) is 6.09. The fraction of sp³-hybridized carbons (Fsp3) is 0.200. The molecule has 0 aliphatic rings. The number of ketones is 1. The van der Waals surface area contributed by atoms with Gasteiger partial charge in [-0.05, 0) is 50.3 Å². The highest BCUT2D eigenvalue weighted by Gasteiger charge is 2.11. The van der Waals surface area contributed by atoms with E-state index in [-0.39, 0.29) is 12.4 Å². The highest BCUT2D eigenvalue weighted by atomic mass is 35.5. The molecule has 3 rings (SSSR count). The Kier molecular flexibility index (Phi) is 5.58. The predicted octanol–water partition coefficient (Wildman–Crippen LogP) is 4.93. The number of allylic oxidation sites excluding steroid dienone is 1. The first-order valence-corrected chi connectivity index (χ1v) is 8.67. The Morgan fingerprint density at radius 2 is 2.12 bits per heavy atom. The van der Waals surface area contributed by atoms with E-state index in [1.807, 2.05) is 26.0 Å². The number of hydrogen-bond acceptors (Lipinski definition) is 4. The highest BCUT2D eigenvalue weighted by Crippen LogP contribution is 2.24. The summed E-state index contributed by atoms with van der Waals surface area (Å²) in [5.41, 5.74) is 1.45. The molecule has 2 heterocycles. The number of rotatable bonds is 7. The van der Waals surface area contributed by atoms with Gasteiger partial charge in [0.25, 0.3) is 0 Å². The van der Waals surface area contributed by atoms with Gasteiger partial charge in [-0.1, -0.05) is 23.7 Å². The molecule has 0 fully saturated rings. The van der Waals surface area contributed by atoms with Crippen LogP contribution < -0.4 is 4.74 Å². The van der Waals surface area contributed by atoms with E-state index < -0.39 is 0 Å². The Bertz CT molecular complexity index is 940. The molecular formula is C20H19ClN2O3. The third kappa shape index (κ3) is 4.06. The first-order valence-electron chi connectivity index (χ1n) is 8.29. The van der Waals surface area contributed by atoms with Crippen LogP contribution in [0.15, 0.2) is 53.1 Å². The summed E-state index contributed by atoms with van der Waals surface area (Å²) in [4.78, 5) is 12.3. The van der Waals surface area contributed by atoms with Crippen molar-refractivity contribution in [3.05, 3.63) is 76.5 Å². The number of nitrogens with zero attached hydrogens (tertiary/aromatic N) is 2. The van der Waals surface area contributed by atoms with Crippen LogP contribution >= 0.6 is 11.6 Å². The van der Waals surface area contributed by atoms with Crippen molar-refractivity contribution in [1.29, 1.82) is 0 Å². The maximum absolute atomic E-state index is 12.3. The second kappa shape index (κ2) is 8.06. The van der Waals surface area contributed by atoms with Crippen molar-refractivity contribution in [3.8, 4) is 5.75 Å². The van der Waals surface area contributed by atoms with Gasteiger partial charge in [0.1, 0.15) is 23.9 Å². The van der Waals surface area contributed by atoms with Crippen molar-refractivity contribution in [2.24, 2.45) is 0 Å². The first-order chi connectivity index (χ1) is 12.6. The van der Waals surface area contributed by atoms with Gasteiger partial charge in [-0.2, -0.15) is 5.10 Å². The third-order valence-electron chi connectivity index (χ3n) is 3.96. The van der Waals surface area contributed by atoms with E-state index in [0.29, 0.717) is 27.9 Å². The fourth-order valence-corrected chi connectivity index (χ4v) is 2.72. The molecule has 3 aromatic rings. The summed E-state index contributed by atoms with van der Waals surface area (Å²) in [6, 6.07) is 10.9. The molecule has 0 saturated heterocycles. The SMILES string of the molecule is CCn1ncc(C(=O)/C=C/c2ccc(COc3ccccc3Cl)o2)c1C. The molecule has 0 N–H and O–H groups in total. The van der Waals surface area contributed by atoms with E-state index in [4.69, 9.17) is 20.8 Å². The zero-order chi connectivity index (χ0) is 18.5. The van der Waals surface area contributed by atoms with E-state index in [0.717, 1.165) is 12.2 Å². The van der Waals surface area contributed by atoms with Gasteiger partial charge in [-0.25, -0.2) is 0 Å². The number of ether oxygens (including phenoxy) is 1. The van der Waals surface area contributed by atoms with Crippen LogP contribution in [0, 0.1) is 6.92 Å². The minimum atomic E-state index is -0.104. The van der Waals surface area contributed by atoms with Crippen LogP contribution in [-0.2, 0) is 13.2 Å². The Labute approximate surface area is 156 Å². The molecule has 0 aliphatic heterocycles. The van der Waals surface area contributed by atoms with E-state index in [9.17, 15) is 4.79 Å². The van der Waals surface area contributed by atoms with Crippen molar-refractivity contribution in [1.82, 2.24) is 9.78 Å². The molecule has 6 heteroatoms. The number of para-hydroxylation sites is 1. The lowest BCUT2D eigenvalue weighted by Gasteiger charge is -2.05. The van der Waals surface area contributed by atoms with Gasteiger partial charge in [-0.15, -0.1) is 0 Å². The van der Waals surface area contributed by atoms with Crippen LogP contribution in [0.3, 0.4) is 0 Å². The summed E-state index contributed by atoms with van der Waals surface area (Å²) in [6.07, 6.45) is 4.72. The smallest absolute Gasteiger partial charge is 0.189 e. The lowest BCUT2D eigenvalue weighted by molar-refractivity contribution is 0.104. The van der Waals surface area contributed by atoms with Crippen molar-refractivity contribution in [2.45, 2.75) is 27.0 Å². The monoisotopic (exact) mass is 370 g/mol. The first kappa shape index (κ1) is 18.0. The molecule has 134 valence electrons. The molecule has 2 aromatic heterocycles.